The lowest BCUT2D eigenvalue weighted by molar-refractivity contribution is 0.672. The van der Waals surface area contributed by atoms with Gasteiger partial charge in [0.05, 0.1) is 5.69 Å². The molecule has 60 heavy (non-hydrogen) atoms. The molecule has 1 heterocycles. The highest BCUT2D eigenvalue weighted by Gasteiger charge is 2.19. The average molecular weight is 766 g/mol. The van der Waals surface area contributed by atoms with Crippen LogP contribution in [0.3, 0.4) is 0 Å². The van der Waals surface area contributed by atoms with Crippen molar-refractivity contribution in [1.29, 1.82) is 0 Å². The molecule has 0 N–H and O–H groups in total. The highest BCUT2D eigenvalue weighted by molar-refractivity contribution is 6.15. The van der Waals surface area contributed by atoms with Crippen molar-refractivity contribution in [2.75, 3.05) is 4.90 Å². The molecule has 11 rings (SSSR count). The maximum Gasteiger partial charge on any atom is 0.143 e. The Labute approximate surface area is 349 Å². The van der Waals surface area contributed by atoms with Gasteiger partial charge >= 0.3 is 0 Å². The van der Waals surface area contributed by atoms with Gasteiger partial charge in [-0.1, -0.05) is 182 Å². The van der Waals surface area contributed by atoms with Gasteiger partial charge in [-0.05, 0) is 110 Å². The molecule has 0 amide bonds. The minimum absolute atomic E-state index is 0.888. The van der Waals surface area contributed by atoms with Crippen molar-refractivity contribution in [3.05, 3.63) is 237 Å². The van der Waals surface area contributed by atoms with Crippen LogP contribution >= 0.6 is 0 Å². The molecule has 0 saturated heterocycles. The van der Waals surface area contributed by atoms with E-state index in [-0.39, 0.29) is 0 Å². The molecule has 0 fully saturated rings. The molecule has 0 atom stereocenters. The topological polar surface area (TPSA) is 16.4 Å². The number of para-hydroxylation sites is 1. The van der Waals surface area contributed by atoms with Crippen LogP contribution in [0.1, 0.15) is 0 Å². The maximum atomic E-state index is 6.52. The summed E-state index contributed by atoms with van der Waals surface area (Å²) in [5, 5.41) is 4.54. The molecule has 0 saturated carbocycles. The molecule has 0 unspecified atom stereocenters. The zero-order valence-electron chi connectivity index (χ0n) is 32.9. The summed E-state index contributed by atoms with van der Waals surface area (Å²) >= 11 is 0. The number of rotatable bonds is 8. The fourth-order valence-corrected chi connectivity index (χ4v) is 8.70. The van der Waals surface area contributed by atoms with Gasteiger partial charge in [0.1, 0.15) is 11.2 Å². The molecule has 0 bridgehead atoms. The summed E-state index contributed by atoms with van der Waals surface area (Å²) in [7, 11) is 0. The highest BCUT2D eigenvalue weighted by atomic mass is 16.3. The lowest BCUT2D eigenvalue weighted by Gasteiger charge is -2.28. The fraction of sp³-hybridized carbons (Fsp3) is 0. The molecule has 0 aliphatic carbocycles. The third kappa shape index (κ3) is 6.41. The molecule has 1 aromatic heterocycles. The van der Waals surface area contributed by atoms with Gasteiger partial charge in [0.25, 0.3) is 0 Å². The van der Waals surface area contributed by atoms with Crippen molar-refractivity contribution < 1.29 is 4.42 Å². The van der Waals surface area contributed by atoms with Crippen molar-refractivity contribution >= 4 is 49.8 Å². The van der Waals surface area contributed by atoms with Crippen LogP contribution in [0.2, 0.25) is 0 Å². The largest absolute Gasteiger partial charge is 0.455 e. The summed E-state index contributed by atoms with van der Waals surface area (Å²) in [4.78, 5) is 2.38. The SMILES string of the molecule is c1ccc(-c2ccc(N(c3ccc(-c4ccc(-c5ccccc5)c(-c5ccccc5)c4)cc3)c3ccccc3-c3ccc4oc5c6ccccc6ccc5c4c3)cc2)cc1. The van der Waals surface area contributed by atoms with E-state index in [0.29, 0.717) is 0 Å². The van der Waals surface area contributed by atoms with Crippen molar-refractivity contribution in [1.82, 2.24) is 0 Å². The summed E-state index contributed by atoms with van der Waals surface area (Å²) in [6.07, 6.45) is 0. The molecule has 0 aliphatic rings. The second-order valence-corrected chi connectivity index (χ2v) is 15.3. The van der Waals surface area contributed by atoms with E-state index >= 15 is 0 Å². The minimum Gasteiger partial charge on any atom is -0.455 e. The molecular weight excluding hydrogens is 727 g/mol. The van der Waals surface area contributed by atoms with E-state index < -0.39 is 0 Å². The van der Waals surface area contributed by atoms with Crippen molar-refractivity contribution in [3.63, 3.8) is 0 Å². The predicted octanol–water partition coefficient (Wildman–Crippen LogP) is 16.5. The predicted molar refractivity (Wildman–Crippen MR) is 253 cm³/mol. The molecule has 10 aromatic carbocycles. The van der Waals surface area contributed by atoms with E-state index in [9.17, 15) is 0 Å². The molecule has 0 aliphatic heterocycles. The number of fused-ring (bicyclic) bond motifs is 5. The lowest BCUT2D eigenvalue weighted by Crippen LogP contribution is -2.11. The number of nitrogens with zero attached hydrogens (tertiary/aromatic N) is 1. The van der Waals surface area contributed by atoms with Gasteiger partial charge in [-0.25, -0.2) is 0 Å². The van der Waals surface area contributed by atoms with E-state index in [4.69, 9.17) is 4.42 Å². The Hall–Kier alpha value is -7.94. The first-order valence-corrected chi connectivity index (χ1v) is 20.5. The van der Waals surface area contributed by atoms with Gasteiger partial charge in [-0.15, -0.1) is 0 Å². The van der Waals surface area contributed by atoms with Gasteiger partial charge in [0, 0.05) is 33.1 Å². The Morgan fingerprint density at radius 2 is 0.817 bits per heavy atom. The van der Waals surface area contributed by atoms with Crippen LogP contribution < -0.4 is 4.90 Å². The Bertz CT molecular complexity index is 3280. The maximum absolute atomic E-state index is 6.52. The summed E-state index contributed by atoms with van der Waals surface area (Å²) in [6.45, 7) is 0. The first kappa shape index (κ1) is 35.2. The van der Waals surface area contributed by atoms with Crippen LogP contribution in [0.25, 0.3) is 88.3 Å². The molecule has 0 radical (unpaired) electrons. The lowest BCUT2D eigenvalue weighted by atomic mass is 9.91. The van der Waals surface area contributed by atoms with E-state index in [1.807, 2.05) is 0 Å². The average Bonchev–Trinajstić information content (AvgIpc) is 3.72. The van der Waals surface area contributed by atoms with E-state index in [1.54, 1.807) is 0 Å². The fourth-order valence-electron chi connectivity index (χ4n) is 8.70. The van der Waals surface area contributed by atoms with Crippen molar-refractivity contribution in [2.45, 2.75) is 0 Å². The Morgan fingerprint density at radius 3 is 1.52 bits per heavy atom. The Morgan fingerprint density at radius 1 is 0.283 bits per heavy atom. The van der Waals surface area contributed by atoms with Crippen LogP contribution in [-0.2, 0) is 0 Å². The molecule has 0 spiro atoms. The second-order valence-electron chi connectivity index (χ2n) is 15.3. The summed E-state index contributed by atoms with van der Waals surface area (Å²) in [5.74, 6) is 0. The normalized spacial score (nSPS) is 11.3. The second kappa shape index (κ2) is 15.1. The summed E-state index contributed by atoms with van der Waals surface area (Å²) < 4.78 is 6.52. The smallest absolute Gasteiger partial charge is 0.143 e. The van der Waals surface area contributed by atoms with Crippen LogP contribution in [0, 0.1) is 0 Å². The molecular formula is C58H39NO. The highest BCUT2D eigenvalue weighted by Crippen LogP contribution is 2.44. The van der Waals surface area contributed by atoms with E-state index in [0.717, 1.165) is 61.1 Å². The number of anilines is 3. The third-order valence-corrected chi connectivity index (χ3v) is 11.7. The minimum atomic E-state index is 0.888. The van der Waals surface area contributed by atoms with Gasteiger partial charge in [0.15, 0.2) is 0 Å². The van der Waals surface area contributed by atoms with Crippen LogP contribution in [0.15, 0.2) is 241 Å². The van der Waals surface area contributed by atoms with Gasteiger partial charge in [0.2, 0.25) is 0 Å². The molecule has 11 aromatic rings. The zero-order chi connectivity index (χ0) is 39.8. The summed E-state index contributed by atoms with van der Waals surface area (Å²) in [6, 6.07) is 84.8. The zero-order valence-corrected chi connectivity index (χ0v) is 32.9. The van der Waals surface area contributed by atoms with Crippen molar-refractivity contribution in [2.24, 2.45) is 0 Å². The van der Waals surface area contributed by atoms with E-state index in [1.165, 1.54) is 44.3 Å². The first-order valence-electron chi connectivity index (χ1n) is 20.5. The number of furan rings is 1. The van der Waals surface area contributed by atoms with Gasteiger partial charge in [-0.3, -0.25) is 0 Å². The Balaban J connectivity index is 1.03. The Kier molecular flexibility index (Phi) is 8.87. The number of hydrogen-bond acceptors (Lipinski definition) is 2. The summed E-state index contributed by atoms with van der Waals surface area (Å²) in [5.41, 5.74) is 16.9. The van der Waals surface area contributed by atoms with Crippen LogP contribution in [0.4, 0.5) is 17.1 Å². The molecule has 2 nitrogen and oxygen atoms in total. The van der Waals surface area contributed by atoms with Gasteiger partial charge < -0.3 is 9.32 Å². The van der Waals surface area contributed by atoms with Gasteiger partial charge in [-0.2, -0.15) is 0 Å². The van der Waals surface area contributed by atoms with Crippen molar-refractivity contribution in [3.8, 4) is 55.6 Å². The van der Waals surface area contributed by atoms with E-state index in [2.05, 4.69) is 241 Å². The monoisotopic (exact) mass is 765 g/mol. The number of benzene rings is 10. The van der Waals surface area contributed by atoms with Crippen LogP contribution in [-0.4, -0.2) is 0 Å². The first-order chi connectivity index (χ1) is 29.7. The third-order valence-electron chi connectivity index (χ3n) is 11.7. The molecule has 2 heteroatoms. The standard InChI is InChI=1S/C58H39NO/c1-4-14-40(15-5-1)41-24-31-48(32-25-41)59(49-33-26-42(27-34-49)46-29-35-50(43-16-6-2-7-17-43)54(38-46)44-18-8-3-9-19-44)56-23-13-12-21-51(56)47-30-37-57-55(39-47)53-36-28-45-20-10-11-22-52(45)58(53)60-57/h1-39H. The quantitative estimate of drug-likeness (QED) is 0.153. The molecule has 282 valence electrons. The van der Waals surface area contributed by atoms with Crippen LogP contribution in [0.5, 0.6) is 0 Å². The number of hydrogen-bond donors (Lipinski definition) is 0.